The van der Waals surface area contributed by atoms with Crippen molar-refractivity contribution in [1.82, 2.24) is 19.6 Å². The lowest BCUT2D eigenvalue weighted by atomic mass is 10.2. The fourth-order valence-corrected chi connectivity index (χ4v) is 3.47. The van der Waals surface area contributed by atoms with Crippen LogP contribution in [0.2, 0.25) is 0 Å². The Kier molecular flexibility index (Phi) is 6.37. The molecule has 0 spiro atoms. The summed E-state index contributed by atoms with van der Waals surface area (Å²) in [4.78, 5) is 28.5. The molecule has 2 aromatic carbocycles. The highest BCUT2D eigenvalue weighted by molar-refractivity contribution is 5.91. The lowest BCUT2D eigenvalue weighted by Crippen LogP contribution is -2.49. The monoisotopic (exact) mass is 422 g/mol. The van der Waals surface area contributed by atoms with Crippen LogP contribution in [0.15, 0.2) is 67.0 Å². The predicted molar refractivity (Wildman–Crippen MR) is 112 cm³/mol. The minimum Gasteiger partial charge on any atom is -0.452 e. The molecule has 0 aliphatic carbocycles. The predicted octanol–water partition coefficient (Wildman–Crippen LogP) is 2.51. The van der Waals surface area contributed by atoms with Gasteiger partial charge in [0.2, 0.25) is 0 Å². The van der Waals surface area contributed by atoms with Crippen molar-refractivity contribution in [2.75, 3.05) is 32.8 Å². The maximum atomic E-state index is 13.8. The summed E-state index contributed by atoms with van der Waals surface area (Å²) >= 11 is 0. The molecule has 0 atom stereocenters. The van der Waals surface area contributed by atoms with Gasteiger partial charge >= 0.3 is 5.97 Å². The van der Waals surface area contributed by atoms with Gasteiger partial charge in [0.1, 0.15) is 5.82 Å². The van der Waals surface area contributed by atoms with Crippen LogP contribution in [-0.2, 0) is 16.1 Å². The van der Waals surface area contributed by atoms with Crippen molar-refractivity contribution < 1.29 is 18.7 Å². The first kappa shape index (κ1) is 20.7. The van der Waals surface area contributed by atoms with E-state index < -0.39 is 5.97 Å². The molecule has 0 N–H and O–H groups in total. The van der Waals surface area contributed by atoms with E-state index in [0.717, 1.165) is 5.69 Å². The Morgan fingerprint density at radius 3 is 2.42 bits per heavy atom. The number of amides is 1. The Morgan fingerprint density at radius 1 is 0.968 bits per heavy atom. The van der Waals surface area contributed by atoms with E-state index in [-0.39, 0.29) is 23.9 Å². The molecule has 4 rings (SSSR count). The molecule has 2 heterocycles. The molecule has 0 saturated carbocycles. The maximum absolute atomic E-state index is 13.8. The van der Waals surface area contributed by atoms with E-state index in [2.05, 4.69) is 10.00 Å². The van der Waals surface area contributed by atoms with Crippen LogP contribution in [0.3, 0.4) is 0 Å². The number of rotatable bonds is 6. The average Bonchev–Trinajstić information content (AvgIpc) is 3.30. The zero-order valence-electron chi connectivity index (χ0n) is 17.0. The highest BCUT2D eigenvalue weighted by Gasteiger charge is 2.23. The number of nitrogens with zero attached hydrogens (tertiary/aromatic N) is 4. The first-order valence-electron chi connectivity index (χ1n) is 10.1. The van der Waals surface area contributed by atoms with Crippen molar-refractivity contribution in [3.63, 3.8) is 0 Å². The van der Waals surface area contributed by atoms with E-state index in [1.807, 2.05) is 36.4 Å². The molecular weight excluding hydrogens is 399 g/mol. The lowest BCUT2D eigenvalue weighted by Gasteiger charge is -2.34. The van der Waals surface area contributed by atoms with Gasteiger partial charge in [-0.25, -0.2) is 13.9 Å². The SMILES string of the molecule is O=C(OCC(=O)N1CCN(Cc2ccccc2F)CC1)c1cnn(-c2ccccc2)c1. The molecule has 0 bridgehead atoms. The molecule has 0 radical (unpaired) electrons. The molecule has 160 valence electrons. The first-order valence-corrected chi connectivity index (χ1v) is 10.1. The zero-order valence-corrected chi connectivity index (χ0v) is 17.0. The number of para-hydroxylation sites is 1. The zero-order chi connectivity index (χ0) is 21.6. The van der Waals surface area contributed by atoms with E-state index in [0.29, 0.717) is 38.3 Å². The van der Waals surface area contributed by atoms with E-state index in [4.69, 9.17) is 4.74 Å². The van der Waals surface area contributed by atoms with Crippen LogP contribution in [0.4, 0.5) is 4.39 Å². The molecule has 1 aliphatic rings. The van der Waals surface area contributed by atoms with E-state index in [1.165, 1.54) is 12.3 Å². The number of hydrogen-bond donors (Lipinski definition) is 0. The largest absolute Gasteiger partial charge is 0.452 e. The Labute approximate surface area is 179 Å². The molecule has 7 nitrogen and oxygen atoms in total. The Bertz CT molecular complexity index is 1050. The standard InChI is InChI=1S/C23H23FN4O3/c24-21-9-5-4-6-18(21)15-26-10-12-27(13-11-26)22(29)17-31-23(30)19-14-25-28(16-19)20-7-2-1-3-8-20/h1-9,14,16H,10-13,15,17H2. The summed E-state index contributed by atoms with van der Waals surface area (Å²) in [5.74, 6) is -1.05. The minimum atomic E-state index is -0.589. The third-order valence-electron chi connectivity index (χ3n) is 5.24. The van der Waals surface area contributed by atoms with Gasteiger partial charge in [-0.15, -0.1) is 0 Å². The average molecular weight is 422 g/mol. The van der Waals surface area contributed by atoms with Gasteiger partial charge in [0, 0.05) is 44.5 Å². The number of ether oxygens (including phenoxy) is 1. The summed E-state index contributed by atoms with van der Waals surface area (Å²) in [5, 5.41) is 4.16. The van der Waals surface area contributed by atoms with Gasteiger partial charge in [-0.2, -0.15) is 5.10 Å². The third-order valence-corrected chi connectivity index (χ3v) is 5.24. The minimum absolute atomic E-state index is 0.219. The Morgan fingerprint density at radius 2 is 1.68 bits per heavy atom. The van der Waals surface area contributed by atoms with Crippen LogP contribution in [0, 0.1) is 5.82 Å². The normalized spacial score (nSPS) is 14.4. The van der Waals surface area contributed by atoms with Crippen molar-refractivity contribution in [2.24, 2.45) is 0 Å². The number of carbonyl (C=O) groups excluding carboxylic acids is 2. The van der Waals surface area contributed by atoms with Gasteiger partial charge in [0.15, 0.2) is 6.61 Å². The highest BCUT2D eigenvalue weighted by Crippen LogP contribution is 2.13. The van der Waals surface area contributed by atoms with Crippen LogP contribution in [0.25, 0.3) is 5.69 Å². The molecule has 0 unspecified atom stereocenters. The number of benzene rings is 2. The van der Waals surface area contributed by atoms with Gasteiger partial charge in [-0.05, 0) is 18.2 Å². The fraction of sp³-hybridized carbons (Fsp3) is 0.261. The van der Waals surface area contributed by atoms with E-state index in [1.54, 1.807) is 27.9 Å². The van der Waals surface area contributed by atoms with Crippen LogP contribution in [-0.4, -0.2) is 64.2 Å². The van der Waals surface area contributed by atoms with Crippen molar-refractivity contribution in [2.45, 2.75) is 6.54 Å². The topological polar surface area (TPSA) is 67.7 Å². The molecule has 1 aliphatic heterocycles. The highest BCUT2D eigenvalue weighted by atomic mass is 19.1. The van der Waals surface area contributed by atoms with Crippen molar-refractivity contribution in [3.05, 3.63) is 83.9 Å². The molecule has 8 heteroatoms. The van der Waals surface area contributed by atoms with Crippen LogP contribution in [0.5, 0.6) is 0 Å². The number of esters is 1. The molecule has 1 saturated heterocycles. The summed E-state index contributed by atoms with van der Waals surface area (Å²) in [6, 6.07) is 16.1. The van der Waals surface area contributed by atoms with Crippen molar-refractivity contribution in [1.29, 1.82) is 0 Å². The first-order chi connectivity index (χ1) is 15.1. The van der Waals surface area contributed by atoms with Crippen LogP contribution >= 0.6 is 0 Å². The number of aromatic nitrogens is 2. The number of hydrogen-bond acceptors (Lipinski definition) is 5. The summed E-state index contributed by atoms with van der Waals surface area (Å²) in [6.07, 6.45) is 2.99. The molecule has 1 amide bonds. The van der Waals surface area contributed by atoms with Crippen molar-refractivity contribution >= 4 is 11.9 Å². The Hall–Kier alpha value is -3.52. The summed E-state index contributed by atoms with van der Waals surface area (Å²) < 4.78 is 20.6. The molecule has 3 aromatic rings. The van der Waals surface area contributed by atoms with Gasteiger partial charge in [0.25, 0.3) is 5.91 Å². The second-order valence-corrected chi connectivity index (χ2v) is 7.33. The van der Waals surface area contributed by atoms with Crippen LogP contribution < -0.4 is 0 Å². The molecule has 31 heavy (non-hydrogen) atoms. The molecule has 1 aromatic heterocycles. The smallest absolute Gasteiger partial charge is 0.341 e. The summed E-state index contributed by atoms with van der Waals surface area (Å²) in [5.41, 5.74) is 1.75. The Balaban J connectivity index is 1.24. The second kappa shape index (κ2) is 9.53. The van der Waals surface area contributed by atoms with E-state index in [9.17, 15) is 14.0 Å². The third kappa shape index (κ3) is 5.16. The fourth-order valence-electron chi connectivity index (χ4n) is 3.47. The van der Waals surface area contributed by atoms with Crippen LogP contribution in [0.1, 0.15) is 15.9 Å². The molecule has 1 fully saturated rings. The van der Waals surface area contributed by atoms with Gasteiger partial charge in [-0.1, -0.05) is 36.4 Å². The number of piperazine rings is 1. The quantitative estimate of drug-likeness (QED) is 0.571. The van der Waals surface area contributed by atoms with Gasteiger partial charge < -0.3 is 9.64 Å². The number of halogens is 1. The molecular formula is C23H23FN4O3. The second-order valence-electron chi connectivity index (χ2n) is 7.33. The lowest BCUT2D eigenvalue weighted by molar-refractivity contribution is -0.136. The van der Waals surface area contributed by atoms with Gasteiger partial charge in [-0.3, -0.25) is 9.69 Å². The maximum Gasteiger partial charge on any atom is 0.341 e. The van der Waals surface area contributed by atoms with E-state index >= 15 is 0 Å². The van der Waals surface area contributed by atoms with Gasteiger partial charge in [0.05, 0.1) is 17.4 Å². The summed E-state index contributed by atoms with van der Waals surface area (Å²) in [7, 11) is 0. The summed E-state index contributed by atoms with van der Waals surface area (Å²) in [6.45, 7) is 2.49. The number of carbonyl (C=O) groups is 2. The van der Waals surface area contributed by atoms with Crippen molar-refractivity contribution in [3.8, 4) is 5.69 Å².